The van der Waals surface area contributed by atoms with Gasteiger partial charge in [-0.15, -0.1) is 0 Å². The van der Waals surface area contributed by atoms with Gasteiger partial charge in [-0.05, 0) is 32.8 Å². The Labute approximate surface area is 88.3 Å². The quantitative estimate of drug-likeness (QED) is 0.795. The van der Waals surface area contributed by atoms with Crippen LogP contribution in [0, 0.1) is 6.92 Å². The minimum absolute atomic E-state index is 0.0188. The highest BCUT2D eigenvalue weighted by atomic mass is 16.4. The summed E-state index contributed by atoms with van der Waals surface area (Å²) in [5, 5.41) is 12.1. The molecule has 0 radical (unpaired) electrons. The van der Waals surface area contributed by atoms with Gasteiger partial charge in [-0.3, -0.25) is 0 Å². The number of hydrogen-bond donors (Lipinski definition) is 2. The van der Waals surface area contributed by atoms with Crippen LogP contribution < -0.4 is 5.32 Å². The first-order chi connectivity index (χ1) is 7.00. The minimum Gasteiger partial charge on any atom is -0.475 e. The third kappa shape index (κ3) is 2.21. The van der Waals surface area contributed by atoms with Crippen molar-refractivity contribution < 1.29 is 14.3 Å². The van der Waals surface area contributed by atoms with Crippen LogP contribution in [0.3, 0.4) is 0 Å². The van der Waals surface area contributed by atoms with Crippen molar-refractivity contribution in [3.05, 3.63) is 23.2 Å². The fraction of sp³-hybridized carbons (Fsp3) is 0.545. The molecule has 4 heteroatoms. The minimum atomic E-state index is -1.01. The molecule has 0 aliphatic heterocycles. The molecular formula is C11H15NO3. The predicted molar refractivity (Wildman–Crippen MR) is 54.9 cm³/mol. The zero-order valence-corrected chi connectivity index (χ0v) is 8.96. The Morgan fingerprint density at radius 1 is 1.67 bits per heavy atom. The Bertz CT molecular complexity index is 391. The van der Waals surface area contributed by atoms with E-state index in [1.54, 1.807) is 13.0 Å². The Kier molecular flexibility index (Phi) is 2.31. The summed E-state index contributed by atoms with van der Waals surface area (Å²) in [5.74, 6) is -0.309. The lowest BCUT2D eigenvalue weighted by molar-refractivity contribution is 0.0661. The zero-order chi connectivity index (χ0) is 11.1. The first-order valence-corrected chi connectivity index (χ1v) is 5.08. The normalized spacial score (nSPS) is 17.7. The number of aromatic carboxylic acids is 1. The van der Waals surface area contributed by atoms with E-state index in [0.717, 1.165) is 5.56 Å². The van der Waals surface area contributed by atoms with Crippen LogP contribution in [0.4, 0.5) is 0 Å². The molecule has 0 bridgehead atoms. The van der Waals surface area contributed by atoms with Crippen LogP contribution in [0.2, 0.25) is 0 Å². The second-order valence-corrected chi connectivity index (χ2v) is 4.41. The van der Waals surface area contributed by atoms with Gasteiger partial charge in [0.1, 0.15) is 5.76 Å². The smallest absolute Gasteiger partial charge is 0.371 e. The van der Waals surface area contributed by atoms with Gasteiger partial charge in [-0.1, -0.05) is 0 Å². The molecule has 2 rings (SSSR count). The van der Waals surface area contributed by atoms with E-state index in [4.69, 9.17) is 9.52 Å². The monoisotopic (exact) mass is 209 g/mol. The summed E-state index contributed by atoms with van der Waals surface area (Å²) in [6.07, 6.45) is 2.38. The highest BCUT2D eigenvalue weighted by Gasteiger charge is 2.36. The highest BCUT2D eigenvalue weighted by molar-refractivity contribution is 5.84. The van der Waals surface area contributed by atoms with Gasteiger partial charge in [-0.25, -0.2) is 4.79 Å². The summed E-state index contributed by atoms with van der Waals surface area (Å²) in [7, 11) is 0. The van der Waals surface area contributed by atoms with Gasteiger partial charge in [0.05, 0.1) is 0 Å². The maximum atomic E-state index is 10.7. The average Bonchev–Trinajstić information content (AvgIpc) is 2.76. The Morgan fingerprint density at radius 3 is 2.80 bits per heavy atom. The fourth-order valence-electron chi connectivity index (χ4n) is 1.47. The van der Waals surface area contributed by atoms with Crippen LogP contribution in [0.15, 0.2) is 10.5 Å². The summed E-state index contributed by atoms with van der Waals surface area (Å²) < 4.78 is 5.12. The molecule has 0 aromatic carbocycles. The summed E-state index contributed by atoms with van der Waals surface area (Å²) in [4.78, 5) is 10.7. The Balaban J connectivity index is 2.04. The predicted octanol–water partition coefficient (Wildman–Crippen LogP) is 1.93. The van der Waals surface area contributed by atoms with Crippen LogP contribution >= 0.6 is 0 Å². The second-order valence-electron chi connectivity index (χ2n) is 4.41. The number of aryl methyl sites for hydroxylation is 1. The van der Waals surface area contributed by atoms with Crippen LogP contribution in [0.5, 0.6) is 0 Å². The van der Waals surface area contributed by atoms with Crippen molar-refractivity contribution >= 4 is 5.97 Å². The van der Waals surface area contributed by atoms with Crippen molar-refractivity contribution in [1.29, 1.82) is 0 Å². The molecule has 1 saturated carbocycles. The van der Waals surface area contributed by atoms with E-state index in [0.29, 0.717) is 12.3 Å². The van der Waals surface area contributed by atoms with E-state index in [1.807, 2.05) is 0 Å². The van der Waals surface area contributed by atoms with Crippen molar-refractivity contribution in [3.63, 3.8) is 0 Å². The fourth-order valence-corrected chi connectivity index (χ4v) is 1.47. The molecule has 15 heavy (non-hydrogen) atoms. The number of carbonyl (C=O) groups is 1. The molecule has 4 nitrogen and oxygen atoms in total. The zero-order valence-electron chi connectivity index (χ0n) is 8.96. The second kappa shape index (κ2) is 3.38. The number of furan rings is 1. The lowest BCUT2D eigenvalue weighted by Crippen LogP contribution is -2.27. The molecule has 0 saturated heterocycles. The van der Waals surface area contributed by atoms with Crippen molar-refractivity contribution in [2.24, 2.45) is 0 Å². The van der Waals surface area contributed by atoms with E-state index in [9.17, 15) is 4.79 Å². The van der Waals surface area contributed by atoms with Gasteiger partial charge in [0.15, 0.2) is 0 Å². The largest absolute Gasteiger partial charge is 0.475 e. The topological polar surface area (TPSA) is 62.5 Å². The molecule has 1 aromatic heterocycles. The first-order valence-electron chi connectivity index (χ1n) is 5.08. The van der Waals surface area contributed by atoms with Crippen LogP contribution in [-0.2, 0) is 6.54 Å². The standard InChI is InChI=1S/C11H15NO3/c1-7-8(5-9(15-7)10(13)14)6-12-11(2)3-4-11/h5,12H,3-4,6H2,1-2H3,(H,13,14). The molecule has 1 aliphatic rings. The Hall–Kier alpha value is -1.29. The van der Waals surface area contributed by atoms with E-state index in [1.165, 1.54) is 12.8 Å². The summed E-state index contributed by atoms with van der Waals surface area (Å²) in [6.45, 7) is 4.64. The van der Waals surface area contributed by atoms with Crippen LogP contribution in [0.1, 0.15) is 41.6 Å². The van der Waals surface area contributed by atoms with E-state index < -0.39 is 5.97 Å². The van der Waals surface area contributed by atoms with Crippen molar-refractivity contribution in [2.45, 2.75) is 38.8 Å². The van der Waals surface area contributed by atoms with Crippen LogP contribution in [0.25, 0.3) is 0 Å². The van der Waals surface area contributed by atoms with Gasteiger partial charge >= 0.3 is 5.97 Å². The molecule has 1 aromatic rings. The number of hydrogen-bond acceptors (Lipinski definition) is 3. The first kappa shape index (κ1) is 10.2. The lowest BCUT2D eigenvalue weighted by Gasteiger charge is -2.09. The van der Waals surface area contributed by atoms with Crippen molar-refractivity contribution in [3.8, 4) is 0 Å². The van der Waals surface area contributed by atoms with Gasteiger partial charge in [-0.2, -0.15) is 0 Å². The van der Waals surface area contributed by atoms with Gasteiger partial charge in [0, 0.05) is 17.6 Å². The van der Waals surface area contributed by atoms with Crippen molar-refractivity contribution in [2.75, 3.05) is 0 Å². The third-order valence-corrected chi connectivity index (χ3v) is 2.94. The third-order valence-electron chi connectivity index (χ3n) is 2.94. The molecule has 1 aliphatic carbocycles. The average molecular weight is 209 g/mol. The maximum absolute atomic E-state index is 10.7. The number of rotatable bonds is 4. The molecule has 0 amide bonds. The van der Waals surface area contributed by atoms with Crippen molar-refractivity contribution in [1.82, 2.24) is 5.32 Å². The van der Waals surface area contributed by atoms with Gasteiger partial charge < -0.3 is 14.8 Å². The van der Waals surface area contributed by atoms with Gasteiger partial charge in [0.2, 0.25) is 5.76 Å². The summed E-state index contributed by atoms with van der Waals surface area (Å²) >= 11 is 0. The van der Waals surface area contributed by atoms with E-state index >= 15 is 0 Å². The summed E-state index contributed by atoms with van der Waals surface area (Å²) in [6, 6.07) is 1.59. The molecule has 1 heterocycles. The molecule has 2 N–H and O–H groups in total. The highest BCUT2D eigenvalue weighted by Crippen LogP contribution is 2.34. The summed E-state index contributed by atoms with van der Waals surface area (Å²) in [5.41, 5.74) is 1.19. The number of nitrogens with one attached hydrogen (secondary N) is 1. The molecule has 1 fully saturated rings. The lowest BCUT2D eigenvalue weighted by atomic mass is 10.2. The van der Waals surface area contributed by atoms with E-state index in [-0.39, 0.29) is 11.3 Å². The molecule has 0 atom stereocenters. The molecule has 0 spiro atoms. The SMILES string of the molecule is Cc1oc(C(=O)O)cc1CNC1(C)CC1. The maximum Gasteiger partial charge on any atom is 0.371 e. The number of carboxylic acids is 1. The van der Waals surface area contributed by atoms with Crippen LogP contribution in [-0.4, -0.2) is 16.6 Å². The molecular weight excluding hydrogens is 194 g/mol. The Morgan fingerprint density at radius 2 is 2.33 bits per heavy atom. The number of carboxylic acid groups (broad SMARTS) is 1. The van der Waals surface area contributed by atoms with E-state index in [2.05, 4.69) is 12.2 Å². The molecule has 0 unspecified atom stereocenters. The molecule has 82 valence electrons. The van der Waals surface area contributed by atoms with Gasteiger partial charge in [0.25, 0.3) is 0 Å².